The number of hydrogen-bond donors (Lipinski definition) is 3. The number of carbonyl (C=O) groups excluding carboxylic acids is 2. The summed E-state index contributed by atoms with van der Waals surface area (Å²) in [4.78, 5) is 25.5. The SMILES string of the molecule is CCOc1ccc(NC(=O)c2ccccc2NC(=S)NC(=O)c2ccc(C(C)(C)C)cc2)cc1. The van der Waals surface area contributed by atoms with Gasteiger partial charge in [-0.05, 0) is 78.7 Å². The maximum absolute atomic E-state index is 12.9. The highest BCUT2D eigenvalue weighted by molar-refractivity contribution is 7.80. The summed E-state index contributed by atoms with van der Waals surface area (Å²) < 4.78 is 5.43. The predicted octanol–water partition coefficient (Wildman–Crippen LogP) is 5.76. The number of nitrogens with one attached hydrogen (secondary N) is 3. The van der Waals surface area contributed by atoms with Crippen LogP contribution in [0.1, 0.15) is 54.0 Å². The van der Waals surface area contributed by atoms with Crippen LogP contribution in [-0.2, 0) is 5.41 Å². The van der Waals surface area contributed by atoms with E-state index in [4.69, 9.17) is 17.0 Å². The van der Waals surface area contributed by atoms with Gasteiger partial charge in [-0.25, -0.2) is 0 Å². The van der Waals surface area contributed by atoms with E-state index in [1.807, 2.05) is 19.1 Å². The van der Waals surface area contributed by atoms with Crippen molar-refractivity contribution >= 4 is 40.5 Å². The van der Waals surface area contributed by atoms with E-state index < -0.39 is 0 Å². The third kappa shape index (κ3) is 6.65. The van der Waals surface area contributed by atoms with Crippen molar-refractivity contribution in [2.45, 2.75) is 33.1 Å². The third-order valence-electron chi connectivity index (χ3n) is 5.08. The monoisotopic (exact) mass is 475 g/mol. The Bertz CT molecular complexity index is 1170. The number of thiocarbonyl (C=S) groups is 1. The lowest BCUT2D eigenvalue weighted by atomic mass is 9.87. The first-order valence-electron chi connectivity index (χ1n) is 11.0. The molecule has 0 aliphatic heterocycles. The average molecular weight is 476 g/mol. The Labute approximate surface area is 205 Å². The fourth-order valence-corrected chi connectivity index (χ4v) is 3.44. The summed E-state index contributed by atoms with van der Waals surface area (Å²) in [6.07, 6.45) is 0. The minimum Gasteiger partial charge on any atom is -0.494 e. The van der Waals surface area contributed by atoms with Gasteiger partial charge < -0.3 is 15.4 Å². The van der Waals surface area contributed by atoms with E-state index in [2.05, 4.69) is 36.7 Å². The van der Waals surface area contributed by atoms with E-state index in [0.717, 1.165) is 11.3 Å². The van der Waals surface area contributed by atoms with Gasteiger partial charge in [0.05, 0.1) is 17.9 Å². The summed E-state index contributed by atoms with van der Waals surface area (Å²) in [6, 6.07) is 21.5. The van der Waals surface area contributed by atoms with Crippen molar-refractivity contribution in [3.63, 3.8) is 0 Å². The molecule has 34 heavy (non-hydrogen) atoms. The molecule has 0 heterocycles. The van der Waals surface area contributed by atoms with Crippen LogP contribution in [0.5, 0.6) is 5.75 Å². The van der Waals surface area contributed by atoms with Gasteiger partial charge in [0.25, 0.3) is 11.8 Å². The lowest BCUT2D eigenvalue weighted by molar-refractivity contribution is 0.0976. The van der Waals surface area contributed by atoms with Crippen molar-refractivity contribution in [3.05, 3.63) is 89.5 Å². The zero-order valence-corrected chi connectivity index (χ0v) is 20.6. The van der Waals surface area contributed by atoms with E-state index in [1.54, 1.807) is 60.7 Å². The fraction of sp³-hybridized carbons (Fsp3) is 0.222. The van der Waals surface area contributed by atoms with Crippen LogP contribution in [0.4, 0.5) is 11.4 Å². The topological polar surface area (TPSA) is 79.5 Å². The van der Waals surface area contributed by atoms with Crippen molar-refractivity contribution in [2.24, 2.45) is 0 Å². The second kappa shape index (κ2) is 10.9. The molecule has 0 bridgehead atoms. The highest BCUT2D eigenvalue weighted by Gasteiger charge is 2.16. The predicted molar refractivity (Wildman–Crippen MR) is 141 cm³/mol. The standard InChI is InChI=1S/C27H29N3O3S/c1-5-33-21-16-14-20(15-17-21)28-25(32)22-8-6-7-9-23(22)29-26(34)30-24(31)18-10-12-19(13-11-18)27(2,3)4/h6-17H,5H2,1-4H3,(H,28,32)(H2,29,30,31,34). The van der Waals surface area contributed by atoms with Gasteiger partial charge in [-0.2, -0.15) is 0 Å². The van der Waals surface area contributed by atoms with Crippen LogP contribution in [0, 0.1) is 0 Å². The van der Waals surface area contributed by atoms with Gasteiger partial charge in [0, 0.05) is 11.3 Å². The highest BCUT2D eigenvalue weighted by Crippen LogP contribution is 2.22. The Morgan fingerprint density at radius 2 is 1.50 bits per heavy atom. The Kier molecular flexibility index (Phi) is 8.02. The zero-order chi connectivity index (χ0) is 24.7. The number of anilines is 2. The molecule has 0 aliphatic carbocycles. The summed E-state index contributed by atoms with van der Waals surface area (Å²) in [6.45, 7) is 8.83. The van der Waals surface area contributed by atoms with Gasteiger partial charge in [0.15, 0.2) is 5.11 Å². The lowest BCUT2D eigenvalue weighted by Crippen LogP contribution is -2.34. The van der Waals surface area contributed by atoms with Gasteiger partial charge in [-0.15, -0.1) is 0 Å². The second-order valence-electron chi connectivity index (χ2n) is 8.69. The molecule has 0 radical (unpaired) electrons. The van der Waals surface area contributed by atoms with Gasteiger partial charge in [-0.1, -0.05) is 45.0 Å². The third-order valence-corrected chi connectivity index (χ3v) is 5.29. The van der Waals surface area contributed by atoms with E-state index in [-0.39, 0.29) is 22.3 Å². The van der Waals surface area contributed by atoms with Gasteiger partial charge >= 0.3 is 0 Å². The minimum atomic E-state index is -0.325. The van der Waals surface area contributed by atoms with E-state index >= 15 is 0 Å². The Balaban J connectivity index is 1.65. The second-order valence-corrected chi connectivity index (χ2v) is 9.10. The number of hydrogen-bond acceptors (Lipinski definition) is 4. The van der Waals surface area contributed by atoms with Gasteiger partial charge in [-0.3, -0.25) is 14.9 Å². The van der Waals surface area contributed by atoms with Gasteiger partial charge in [0.1, 0.15) is 5.75 Å². The summed E-state index contributed by atoms with van der Waals surface area (Å²) in [5, 5.41) is 8.59. The smallest absolute Gasteiger partial charge is 0.257 e. The first kappa shape index (κ1) is 24.9. The van der Waals surface area contributed by atoms with Crippen molar-refractivity contribution in [1.82, 2.24) is 5.32 Å². The molecule has 0 aromatic heterocycles. The van der Waals surface area contributed by atoms with E-state index in [0.29, 0.717) is 29.1 Å². The van der Waals surface area contributed by atoms with Crippen LogP contribution in [0.3, 0.4) is 0 Å². The van der Waals surface area contributed by atoms with E-state index in [1.165, 1.54) is 0 Å². The Morgan fingerprint density at radius 3 is 2.12 bits per heavy atom. The number of amides is 2. The molecule has 3 aromatic carbocycles. The molecule has 3 N–H and O–H groups in total. The molecule has 0 fully saturated rings. The number of para-hydroxylation sites is 1. The van der Waals surface area contributed by atoms with Crippen LogP contribution in [-0.4, -0.2) is 23.5 Å². The van der Waals surface area contributed by atoms with Crippen molar-refractivity contribution in [1.29, 1.82) is 0 Å². The number of carbonyl (C=O) groups is 2. The molecule has 6 nitrogen and oxygen atoms in total. The first-order chi connectivity index (χ1) is 16.2. The molecule has 0 unspecified atom stereocenters. The molecular weight excluding hydrogens is 446 g/mol. The van der Waals surface area contributed by atoms with Crippen molar-refractivity contribution in [2.75, 3.05) is 17.2 Å². The molecule has 176 valence electrons. The first-order valence-corrected chi connectivity index (χ1v) is 11.4. The lowest BCUT2D eigenvalue weighted by Gasteiger charge is -2.19. The molecule has 2 amide bonds. The molecule has 0 saturated carbocycles. The Morgan fingerprint density at radius 1 is 0.853 bits per heavy atom. The molecule has 0 aliphatic rings. The Hall–Kier alpha value is -3.71. The van der Waals surface area contributed by atoms with Crippen LogP contribution in [0.2, 0.25) is 0 Å². The highest BCUT2D eigenvalue weighted by atomic mass is 32.1. The molecule has 3 aromatic rings. The fourth-order valence-electron chi connectivity index (χ4n) is 3.24. The quantitative estimate of drug-likeness (QED) is 0.395. The summed E-state index contributed by atoms with van der Waals surface area (Å²) in [7, 11) is 0. The summed E-state index contributed by atoms with van der Waals surface area (Å²) >= 11 is 5.32. The molecule has 0 saturated heterocycles. The largest absolute Gasteiger partial charge is 0.494 e. The summed E-state index contributed by atoms with van der Waals surface area (Å²) in [5.74, 6) is 0.102. The van der Waals surface area contributed by atoms with Crippen molar-refractivity contribution < 1.29 is 14.3 Å². The maximum atomic E-state index is 12.9. The van der Waals surface area contributed by atoms with Gasteiger partial charge in [0.2, 0.25) is 0 Å². The molecular formula is C27H29N3O3S. The van der Waals surface area contributed by atoms with Crippen molar-refractivity contribution in [3.8, 4) is 5.75 Å². The average Bonchev–Trinajstić information content (AvgIpc) is 2.80. The number of rotatable bonds is 6. The van der Waals surface area contributed by atoms with Crippen LogP contribution >= 0.6 is 12.2 Å². The van der Waals surface area contributed by atoms with Crippen LogP contribution in [0.25, 0.3) is 0 Å². The van der Waals surface area contributed by atoms with Crippen LogP contribution in [0.15, 0.2) is 72.8 Å². The minimum absolute atomic E-state index is 0.00146. The molecule has 7 heteroatoms. The summed E-state index contributed by atoms with van der Waals surface area (Å²) in [5.41, 5.74) is 3.15. The van der Waals surface area contributed by atoms with Crippen LogP contribution < -0.4 is 20.7 Å². The maximum Gasteiger partial charge on any atom is 0.257 e. The number of benzene rings is 3. The molecule has 0 atom stereocenters. The molecule has 0 spiro atoms. The molecule has 3 rings (SSSR count). The zero-order valence-electron chi connectivity index (χ0n) is 19.8. The number of ether oxygens (including phenoxy) is 1. The van der Waals surface area contributed by atoms with E-state index in [9.17, 15) is 9.59 Å². The normalized spacial score (nSPS) is 10.8.